The second-order valence-electron chi connectivity index (χ2n) is 6.42. The number of morpholine rings is 1. The average molecular weight is 324 g/mol. The van der Waals surface area contributed by atoms with Crippen LogP contribution in [-0.2, 0) is 17.7 Å². The average Bonchev–Trinajstić information content (AvgIpc) is 3.01. The molecule has 0 saturated carbocycles. The van der Waals surface area contributed by atoms with Gasteiger partial charge >= 0.3 is 0 Å². The van der Waals surface area contributed by atoms with Gasteiger partial charge in [-0.25, -0.2) is 4.39 Å². The molecule has 0 spiro atoms. The highest BCUT2D eigenvalue weighted by Gasteiger charge is 2.21. The summed E-state index contributed by atoms with van der Waals surface area (Å²) >= 11 is 0. The summed E-state index contributed by atoms with van der Waals surface area (Å²) in [6.45, 7) is 3.51. The summed E-state index contributed by atoms with van der Waals surface area (Å²) in [5, 5.41) is 1.29. The van der Waals surface area contributed by atoms with Crippen molar-refractivity contribution < 1.29 is 9.13 Å². The Balaban J connectivity index is 1.42. The van der Waals surface area contributed by atoms with E-state index in [2.05, 4.69) is 40.3 Å². The van der Waals surface area contributed by atoms with Gasteiger partial charge in [0.05, 0.1) is 12.7 Å². The number of rotatable bonds is 4. The minimum Gasteiger partial charge on any atom is -0.375 e. The van der Waals surface area contributed by atoms with Gasteiger partial charge in [0.25, 0.3) is 0 Å². The first-order chi connectivity index (χ1) is 11.8. The molecule has 1 atom stereocenters. The van der Waals surface area contributed by atoms with Crippen LogP contribution in [0.4, 0.5) is 4.39 Å². The zero-order chi connectivity index (χ0) is 16.4. The molecule has 1 aliphatic heterocycles. The molecule has 0 amide bonds. The van der Waals surface area contributed by atoms with E-state index < -0.39 is 0 Å². The maximum absolute atomic E-state index is 13.0. The molecule has 3 nitrogen and oxygen atoms in total. The number of aromatic amines is 1. The van der Waals surface area contributed by atoms with Gasteiger partial charge in [-0.1, -0.05) is 30.3 Å². The molecule has 1 fully saturated rings. The number of fused-ring (bicyclic) bond motifs is 1. The summed E-state index contributed by atoms with van der Waals surface area (Å²) in [7, 11) is 0. The molecule has 1 aromatic heterocycles. The quantitative estimate of drug-likeness (QED) is 0.792. The van der Waals surface area contributed by atoms with Crippen LogP contribution in [0.25, 0.3) is 10.9 Å². The highest BCUT2D eigenvalue weighted by Crippen LogP contribution is 2.21. The molecule has 2 heterocycles. The van der Waals surface area contributed by atoms with Gasteiger partial charge in [0.1, 0.15) is 5.82 Å². The largest absolute Gasteiger partial charge is 0.375 e. The molecule has 0 bridgehead atoms. The number of ether oxygens (including phenoxy) is 1. The number of para-hydroxylation sites is 1. The van der Waals surface area contributed by atoms with Gasteiger partial charge < -0.3 is 9.72 Å². The predicted octanol–water partition coefficient (Wildman–Crippen LogP) is 3.75. The maximum atomic E-state index is 13.0. The summed E-state index contributed by atoms with van der Waals surface area (Å²) in [6.07, 6.45) is 3.09. The first-order valence-corrected chi connectivity index (χ1v) is 8.41. The van der Waals surface area contributed by atoms with Crippen molar-refractivity contribution in [2.75, 3.05) is 19.7 Å². The van der Waals surface area contributed by atoms with Crippen molar-refractivity contribution in [2.45, 2.75) is 19.1 Å². The third kappa shape index (κ3) is 3.35. The normalized spacial score (nSPS) is 19.0. The minimum absolute atomic E-state index is 0.161. The molecule has 1 N–H and O–H groups in total. The molecular weight excluding hydrogens is 303 g/mol. The van der Waals surface area contributed by atoms with E-state index >= 15 is 0 Å². The Morgan fingerprint density at radius 3 is 2.83 bits per heavy atom. The molecule has 0 aliphatic carbocycles. The van der Waals surface area contributed by atoms with Crippen molar-refractivity contribution in [3.63, 3.8) is 0 Å². The SMILES string of the molecule is Fc1ccc(C[C@H]2CN(Cc3c[nH]c4ccccc34)CCO2)cc1. The lowest BCUT2D eigenvalue weighted by molar-refractivity contribution is -0.0303. The second-order valence-corrected chi connectivity index (χ2v) is 6.42. The van der Waals surface area contributed by atoms with Crippen molar-refractivity contribution in [1.29, 1.82) is 0 Å². The number of H-pyrrole nitrogens is 1. The molecular formula is C20H21FN2O. The molecule has 4 rings (SSSR count). The second kappa shape index (κ2) is 6.75. The van der Waals surface area contributed by atoms with E-state index in [1.165, 1.54) is 28.6 Å². The lowest BCUT2D eigenvalue weighted by Gasteiger charge is -2.33. The van der Waals surface area contributed by atoms with Gasteiger partial charge in [0.2, 0.25) is 0 Å². The van der Waals surface area contributed by atoms with Gasteiger partial charge in [-0.3, -0.25) is 4.90 Å². The van der Waals surface area contributed by atoms with E-state index in [-0.39, 0.29) is 11.9 Å². The number of hydrogen-bond acceptors (Lipinski definition) is 2. The highest BCUT2D eigenvalue weighted by molar-refractivity contribution is 5.82. The molecule has 4 heteroatoms. The van der Waals surface area contributed by atoms with E-state index in [1.54, 1.807) is 0 Å². The van der Waals surface area contributed by atoms with Crippen molar-refractivity contribution >= 4 is 10.9 Å². The molecule has 1 aliphatic rings. The van der Waals surface area contributed by atoms with Crippen LogP contribution in [0.2, 0.25) is 0 Å². The first kappa shape index (κ1) is 15.4. The van der Waals surface area contributed by atoms with Crippen LogP contribution < -0.4 is 0 Å². The maximum Gasteiger partial charge on any atom is 0.123 e. The monoisotopic (exact) mass is 324 g/mol. The Morgan fingerprint density at radius 2 is 1.96 bits per heavy atom. The predicted molar refractivity (Wildman–Crippen MR) is 93.4 cm³/mol. The van der Waals surface area contributed by atoms with Crippen LogP contribution in [0.15, 0.2) is 54.7 Å². The van der Waals surface area contributed by atoms with Gasteiger partial charge in [-0.05, 0) is 35.7 Å². The fraction of sp³-hybridized carbons (Fsp3) is 0.300. The Kier molecular flexibility index (Phi) is 4.32. The van der Waals surface area contributed by atoms with Gasteiger partial charge in [0.15, 0.2) is 0 Å². The first-order valence-electron chi connectivity index (χ1n) is 8.41. The minimum atomic E-state index is -0.190. The molecule has 1 saturated heterocycles. The lowest BCUT2D eigenvalue weighted by atomic mass is 10.1. The number of aromatic nitrogens is 1. The number of benzene rings is 2. The van der Waals surface area contributed by atoms with Gasteiger partial charge in [-0.2, -0.15) is 0 Å². The summed E-state index contributed by atoms with van der Waals surface area (Å²) in [4.78, 5) is 5.78. The van der Waals surface area contributed by atoms with Crippen LogP contribution in [0.3, 0.4) is 0 Å². The van der Waals surface area contributed by atoms with Crippen LogP contribution in [0.5, 0.6) is 0 Å². The van der Waals surface area contributed by atoms with E-state index in [0.717, 1.165) is 38.2 Å². The summed E-state index contributed by atoms with van der Waals surface area (Å²) in [5.74, 6) is -0.190. The number of halogens is 1. The molecule has 24 heavy (non-hydrogen) atoms. The van der Waals surface area contributed by atoms with Gasteiger partial charge in [0, 0.05) is 36.7 Å². The van der Waals surface area contributed by atoms with E-state index in [9.17, 15) is 4.39 Å². The van der Waals surface area contributed by atoms with E-state index in [1.807, 2.05) is 12.1 Å². The van der Waals surface area contributed by atoms with Crippen molar-refractivity contribution in [3.05, 3.63) is 71.7 Å². The Bertz CT molecular complexity index is 812. The zero-order valence-electron chi connectivity index (χ0n) is 13.5. The van der Waals surface area contributed by atoms with Crippen LogP contribution in [-0.4, -0.2) is 35.7 Å². The van der Waals surface area contributed by atoms with Crippen molar-refractivity contribution in [3.8, 4) is 0 Å². The zero-order valence-corrected chi connectivity index (χ0v) is 13.5. The summed E-state index contributed by atoms with van der Waals surface area (Å²) in [6, 6.07) is 15.1. The number of hydrogen-bond donors (Lipinski definition) is 1. The van der Waals surface area contributed by atoms with Crippen LogP contribution in [0, 0.1) is 5.82 Å². The fourth-order valence-corrected chi connectivity index (χ4v) is 3.43. The van der Waals surface area contributed by atoms with Crippen molar-refractivity contribution in [1.82, 2.24) is 9.88 Å². The lowest BCUT2D eigenvalue weighted by Crippen LogP contribution is -2.42. The topological polar surface area (TPSA) is 28.3 Å². The molecule has 124 valence electrons. The Morgan fingerprint density at radius 1 is 1.12 bits per heavy atom. The molecule has 0 unspecified atom stereocenters. The molecule has 3 aromatic rings. The Labute approximate surface area is 141 Å². The molecule has 0 radical (unpaired) electrons. The molecule has 2 aromatic carbocycles. The van der Waals surface area contributed by atoms with Crippen LogP contribution >= 0.6 is 0 Å². The van der Waals surface area contributed by atoms with Gasteiger partial charge in [-0.15, -0.1) is 0 Å². The third-order valence-electron chi connectivity index (χ3n) is 4.67. The summed E-state index contributed by atoms with van der Waals surface area (Å²) < 4.78 is 18.9. The smallest absolute Gasteiger partial charge is 0.123 e. The standard InChI is InChI=1S/C20H21FN2O/c21-17-7-5-15(6-8-17)11-18-14-23(9-10-24-18)13-16-12-22-20-4-2-1-3-19(16)20/h1-8,12,18,22H,9-11,13-14H2/t18-/m0/s1. The van der Waals surface area contributed by atoms with E-state index in [0.29, 0.717) is 0 Å². The number of nitrogens with zero attached hydrogens (tertiary/aromatic N) is 1. The van der Waals surface area contributed by atoms with E-state index in [4.69, 9.17) is 4.74 Å². The third-order valence-corrected chi connectivity index (χ3v) is 4.67. The highest BCUT2D eigenvalue weighted by atomic mass is 19.1. The van der Waals surface area contributed by atoms with Crippen molar-refractivity contribution in [2.24, 2.45) is 0 Å². The fourth-order valence-electron chi connectivity index (χ4n) is 3.43. The van der Waals surface area contributed by atoms with Crippen LogP contribution in [0.1, 0.15) is 11.1 Å². The number of nitrogens with one attached hydrogen (secondary N) is 1. The Hall–Kier alpha value is -2.17. The summed E-state index contributed by atoms with van der Waals surface area (Å²) in [5.41, 5.74) is 3.63.